The molecule has 1 saturated heterocycles. The fraction of sp³-hybridized carbons (Fsp3) is 0.647. The highest BCUT2D eigenvalue weighted by atomic mass is 127. The lowest BCUT2D eigenvalue weighted by Crippen LogP contribution is -2.52. The molecule has 25 heavy (non-hydrogen) atoms. The molecule has 0 bridgehead atoms. The van der Waals surface area contributed by atoms with E-state index in [1.165, 1.54) is 0 Å². The molecule has 1 aliphatic heterocycles. The Bertz CT molecular complexity index is 578. The van der Waals surface area contributed by atoms with Crippen LogP contribution in [-0.2, 0) is 0 Å². The predicted molar refractivity (Wildman–Crippen MR) is 118 cm³/mol. The van der Waals surface area contributed by atoms with Crippen molar-refractivity contribution < 1.29 is 0 Å². The van der Waals surface area contributed by atoms with Crippen LogP contribution >= 0.6 is 35.6 Å². The second kappa shape index (κ2) is 9.78. The Balaban J connectivity index is 0.00000312. The topological polar surface area (TPSA) is 55.8 Å². The molecule has 2 heterocycles. The van der Waals surface area contributed by atoms with Crippen molar-refractivity contribution in [2.45, 2.75) is 31.8 Å². The number of hydrogen-bond donors (Lipinski definition) is 2. The van der Waals surface area contributed by atoms with Crippen LogP contribution in [0.1, 0.15) is 20.3 Å². The van der Waals surface area contributed by atoms with Crippen molar-refractivity contribution in [3.63, 3.8) is 0 Å². The Kier molecular flexibility index (Phi) is 8.70. The lowest BCUT2D eigenvalue weighted by atomic mass is 10.0. The zero-order valence-electron chi connectivity index (χ0n) is 15.7. The van der Waals surface area contributed by atoms with Gasteiger partial charge in [0, 0.05) is 44.5 Å². The Labute approximate surface area is 173 Å². The van der Waals surface area contributed by atoms with Crippen molar-refractivity contribution in [3.8, 4) is 0 Å². The third kappa shape index (κ3) is 6.14. The zero-order valence-corrected chi connectivity index (χ0v) is 18.8. The molecule has 142 valence electrons. The van der Waals surface area contributed by atoms with Gasteiger partial charge in [-0.05, 0) is 46.5 Å². The Morgan fingerprint density at radius 2 is 2.20 bits per heavy atom. The Hall–Kier alpha value is -0.800. The van der Waals surface area contributed by atoms with Crippen LogP contribution in [0.25, 0.3) is 0 Å². The summed E-state index contributed by atoms with van der Waals surface area (Å²) in [5.41, 5.74) is 0.0564. The van der Waals surface area contributed by atoms with Gasteiger partial charge in [0.2, 0.25) is 0 Å². The fourth-order valence-corrected chi connectivity index (χ4v) is 2.77. The van der Waals surface area contributed by atoms with E-state index in [1.54, 1.807) is 13.2 Å². The molecular formula is C17H30ClIN6. The van der Waals surface area contributed by atoms with Gasteiger partial charge in [-0.25, -0.2) is 4.98 Å². The number of nitrogens with zero attached hydrogens (tertiary/aromatic N) is 4. The van der Waals surface area contributed by atoms with Crippen molar-refractivity contribution in [1.82, 2.24) is 20.5 Å². The number of aromatic nitrogens is 1. The molecule has 1 atom stereocenters. The summed E-state index contributed by atoms with van der Waals surface area (Å²) in [5.74, 6) is 1.70. The predicted octanol–water partition coefficient (Wildman–Crippen LogP) is 2.44. The van der Waals surface area contributed by atoms with Gasteiger partial charge < -0.3 is 20.4 Å². The fourth-order valence-electron chi connectivity index (χ4n) is 2.53. The molecule has 0 amide bonds. The van der Waals surface area contributed by atoms with E-state index in [-0.39, 0.29) is 29.5 Å². The molecule has 0 radical (unpaired) electrons. The standard InChI is InChI=1S/C17H29ClN6.HI/c1-17(2,23(4)5)12-21-16(19-3)22-13-8-10-24(11-13)15-14(18)7-6-9-20-15;/h6-7,9,13H,8,10-12H2,1-5H3,(H2,19,21,22);1H. The van der Waals surface area contributed by atoms with E-state index in [9.17, 15) is 0 Å². The maximum Gasteiger partial charge on any atom is 0.191 e. The van der Waals surface area contributed by atoms with Gasteiger partial charge >= 0.3 is 0 Å². The van der Waals surface area contributed by atoms with Crippen LogP contribution in [0.15, 0.2) is 23.3 Å². The highest BCUT2D eigenvalue weighted by Gasteiger charge is 2.26. The summed E-state index contributed by atoms with van der Waals surface area (Å²) in [7, 11) is 5.98. The number of likely N-dealkylation sites (N-methyl/N-ethyl adjacent to an activating group) is 1. The average molecular weight is 481 g/mol. The van der Waals surface area contributed by atoms with Crippen LogP contribution in [0.2, 0.25) is 5.02 Å². The normalized spacial score (nSPS) is 18.3. The Morgan fingerprint density at radius 1 is 1.48 bits per heavy atom. The van der Waals surface area contributed by atoms with Crippen molar-refractivity contribution in [2.75, 3.05) is 45.7 Å². The molecule has 8 heteroatoms. The third-order valence-electron chi connectivity index (χ3n) is 4.69. The lowest BCUT2D eigenvalue weighted by Gasteiger charge is -2.33. The van der Waals surface area contributed by atoms with Gasteiger partial charge in [-0.1, -0.05) is 11.6 Å². The molecule has 0 saturated carbocycles. The minimum Gasteiger partial charge on any atom is -0.355 e. The molecule has 6 nitrogen and oxygen atoms in total. The molecule has 0 aromatic carbocycles. The summed E-state index contributed by atoms with van der Waals surface area (Å²) in [4.78, 5) is 13.2. The van der Waals surface area contributed by atoms with Crippen molar-refractivity contribution in [3.05, 3.63) is 23.4 Å². The van der Waals surface area contributed by atoms with Gasteiger partial charge in [0.25, 0.3) is 0 Å². The number of rotatable bonds is 5. The molecule has 1 aromatic rings. The number of hydrogen-bond acceptors (Lipinski definition) is 4. The van der Waals surface area contributed by atoms with E-state index < -0.39 is 0 Å². The quantitative estimate of drug-likeness (QED) is 0.385. The lowest BCUT2D eigenvalue weighted by molar-refractivity contribution is 0.197. The van der Waals surface area contributed by atoms with E-state index in [0.29, 0.717) is 11.1 Å². The van der Waals surface area contributed by atoms with Crippen LogP contribution in [0.5, 0.6) is 0 Å². The number of guanidine groups is 1. The van der Waals surface area contributed by atoms with Gasteiger partial charge in [-0.15, -0.1) is 24.0 Å². The highest BCUT2D eigenvalue weighted by Crippen LogP contribution is 2.25. The molecule has 1 aromatic heterocycles. The zero-order chi connectivity index (χ0) is 17.7. The number of pyridine rings is 1. The minimum absolute atomic E-state index is 0. The monoisotopic (exact) mass is 480 g/mol. The molecule has 1 fully saturated rings. The van der Waals surface area contributed by atoms with Crippen LogP contribution in [0.4, 0.5) is 5.82 Å². The van der Waals surface area contributed by atoms with Gasteiger partial charge in [0.15, 0.2) is 5.96 Å². The molecule has 0 spiro atoms. The summed E-state index contributed by atoms with van der Waals surface area (Å²) >= 11 is 6.25. The highest BCUT2D eigenvalue weighted by molar-refractivity contribution is 14.0. The second-order valence-corrected chi connectivity index (χ2v) is 7.42. The van der Waals surface area contributed by atoms with Crippen molar-refractivity contribution in [2.24, 2.45) is 4.99 Å². The maximum absolute atomic E-state index is 6.25. The largest absolute Gasteiger partial charge is 0.355 e. The van der Waals surface area contributed by atoms with Crippen molar-refractivity contribution >= 4 is 47.4 Å². The molecule has 2 N–H and O–H groups in total. The third-order valence-corrected chi connectivity index (χ3v) is 4.99. The summed E-state index contributed by atoms with van der Waals surface area (Å²) < 4.78 is 0. The van der Waals surface area contributed by atoms with Crippen LogP contribution in [0.3, 0.4) is 0 Å². The minimum atomic E-state index is 0. The van der Waals surface area contributed by atoms with Crippen LogP contribution in [0, 0.1) is 0 Å². The molecular weight excluding hydrogens is 451 g/mol. The van der Waals surface area contributed by atoms with Gasteiger partial charge in [0.1, 0.15) is 5.82 Å². The van der Waals surface area contributed by atoms with Gasteiger partial charge in [-0.3, -0.25) is 4.99 Å². The summed E-state index contributed by atoms with van der Waals surface area (Å²) in [6, 6.07) is 4.07. The van der Waals surface area contributed by atoms with E-state index in [0.717, 1.165) is 37.8 Å². The van der Waals surface area contributed by atoms with E-state index in [1.807, 2.05) is 12.1 Å². The smallest absolute Gasteiger partial charge is 0.191 e. The summed E-state index contributed by atoms with van der Waals surface area (Å²) in [5, 5.41) is 7.63. The first-order valence-electron chi connectivity index (χ1n) is 8.33. The van der Waals surface area contributed by atoms with Crippen molar-refractivity contribution in [1.29, 1.82) is 0 Å². The number of anilines is 1. The summed E-state index contributed by atoms with van der Waals surface area (Å²) in [6.45, 7) is 7.03. The molecule has 0 aliphatic carbocycles. The first kappa shape index (κ1) is 22.2. The van der Waals surface area contributed by atoms with Crippen LogP contribution in [-0.4, -0.2) is 68.2 Å². The molecule has 1 unspecified atom stereocenters. The second-order valence-electron chi connectivity index (χ2n) is 7.02. The molecule has 1 aliphatic rings. The first-order chi connectivity index (χ1) is 11.3. The summed E-state index contributed by atoms with van der Waals surface area (Å²) in [6.07, 6.45) is 2.82. The average Bonchev–Trinajstić information content (AvgIpc) is 3.00. The molecule has 2 rings (SSSR count). The van der Waals surface area contributed by atoms with E-state index >= 15 is 0 Å². The van der Waals surface area contributed by atoms with E-state index in [4.69, 9.17) is 11.6 Å². The Morgan fingerprint density at radius 3 is 2.80 bits per heavy atom. The SMILES string of the molecule is CN=C(NCC(C)(C)N(C)C)NC1CCN(c2ncccc2Cl)C1.I. The number of nitrogens with one attached hydrogen (secondary N) is 2. The number of halogens is 2. The van der Waals surface area contributed by atoms with Gasteiger partial charge in [-0.2, -0.15) is 0 Å². The van der Waals surface area contributed by atoms with E-state index in [2.05, 4.69) is 58.4 Å². The van der Waals surface area contributed by atoms with Gasteiger partial charge in [0.05, 0.1) is 5.02 Å². The first-order valence-corrected chi connectivity index (χ1v) is 8.71. The van der Waals surface area contributed by atoms with Crippen LogP contribution < -0.4 is 15.5 Å². The number of aliphatic imine (C=N–C) groups is 1. The maximum atomic E-state index is 6.25.